The molecule has 180 valence electrons. The van der Waals surface area contributed by atoms with Crippen LogP contribution in [0.25, 0.3) is 10.6 Å². The van der Waals surface area contributed by atoms with Gasteiger partial charge in [0.25, 0.3) is 0 Å². The zero-order valence-electron chi connectivity index (χ0n) is 19.5. The summed E-state index contributed by atoms with van der Waals surface area (Å²) >= 11 is 1.65. The van der Waals surface area contributed by atoms with Crippen LogP contribution in [0.5, 0.6) is 0 Å². The summed E-state index contributed by atoms with van der Waals surface area (Å²) < 4.78 is 27.6. The van der Waals surface area contributed by atoms with Gasteiger partial charge in [-0.3, -0.25) is 9.69 Å². The third kappa shape index (κ3) is 6.09. The molecule has 1 N–H and O–H groups in total. The van der Waals surface area contributed by atoms with Crippen LogP contribution in [0.4, 0.5) is 0 Å². The number of hydrogen-bond donors (Lipinski definition) is 1. The molecular formula is C25H30N4O3S2. The van der Waals surface area contributed by atoms with Gasteiger partial charge in [0.2, 0.25) is 15.9 Å². The highest BCUT2D eigenvalue weighted by Crippen LogP contribution is 2.24. The molecule has 2 aromatic carbocycles. The first-order valence-corrected chi connectivity index (χ1v) is 13.7. The number of amides is 1. The second-order valence-electron chi connectivity index (χ2n) is 8.56. The Morgan fingerprint density at radius 3 is 2.47 bits per heavy atom. The van der Waals surface area contributed by atoms with Crippen LogP contribution in [0.3, 0.4) is 0 Å². The van der Waals surface area contributed by atoms with E-state index in [-0.39, 0.29) is 23.8 Å². The number of aryl methyl sites for hydroxylation is 2. The molecule has 7 nitrogen and oxygen atoms in total. The Hall–Kier alpha value is -2.59. The van der Waals surface area contributed by atoms with Gasteiger partial charge < -0.3 is 4.90 Å². The van der Waals surface area contributed by atoms with E-state index < -0.39 is 10.0 Å². The zero-order valence-corrected chi connectivity index (χ0v) is 21.2. The van der Waals surface area contributed by atoms with E-state index in [0.29, 0.717) is 13.1 Å². The van der Waals surface area contributed by atoms with Crippen LogP contribution in [0.15, 0.2) is 58.8 Å². The summed E-state index contributed by atoms with van der Waals surface area (Å²) in [5.41, 5.74) is 4.14. The van der Waals surface area contributed by atoms with Gasteiger partial charge in [-0.1, -0.05) is 36.4 Å². The Morgan fingerprint density at radius 1 is 1.03 bits per heavy atom. The predicted molar refractivity (Wildman–Crippen MR) is 135 cm³/mol. The number of sulfonamides is 1. The van der Waals surface area contributed by atoms with Gasteiger partial charge in [-0.05, 0) is 37.1 Å². The molecule has 0 unspecified atom stereocenters. The fourth-order valence-electron chi connectivity index (χ4n) is 3.89. The molecule has 0 aliphatic carbocycles. The lowest BCUT2D eigenvalue weighted by Crippen LogP contribution is -2.48. The monoisotopic (exact) mass is 498 g/mol. The van der Waals surface area contributed by atoms with Crippen molar-refractivity contribution in [3.63, 3.8) is 0 Å². The van der Waals surface area contributed by atoms with Gasteiger partial charge in [0.1, 0.15) is 5.01 Å². The highest BCUT2D eigenvalue weighted by molar-refractivity contribution is 7.89. The van der Waals surface area contributed by atoms with E-state index in [1.54, 1.807) is 29.5 Å². The third-order valence-corrected chi connectivity index (χ3v) is 8.50. The van der Waals surface area contributed by atoms with Crippen molar-refractivity contribution in [2.75, 3.05) is 32.7 Å². The van der Waals surface area contributed by atoms with Gasteiger partial charge in [0.05, 0.1) is 10.6 Å². The SMILES string of the molecule is Cc1ccc(S(=O)(=O)NCCC(=O)N2CCN(Cc3csc(-c4ccccc4)n3)CC2)cc1C. The van der Waals surface area contributed by atoms with Crippen molar-refractivity contribution in [3.8, 4) is 10.6 Å². The van der Waals surface area contributed by atoms with Gasteiger partial charge in [0, 0.05) is 56.6 Å². The van der Waals surface area contributed by atoms with E-state index in [1.165, 1.54) is 0 Å². The Balaban J connectivity index is 1.22. The van der Waals surface area contributed by atoms with Crippen LogP contribution >= 0.6 is 11.3 Å². The molecule has 2 heterocycles. The molecule has 9 heteroatoms. The number of nitrogens with zero attached hydrogens (tertiary/aromatic N) is 3. The van der Waals surface area contributed by atoms with E-state index in [0.717, 1.165) is 47.0 Å². The molecule has 3 aromatic rings. The number of nitrogens with one attached hydrogen (secondary N) is 1. The van der Waals surface area contributed by atoms with Gasteiger partial charge >= 0.3 is 0 Å². The van der Waals surface area contributed by atoms with Crippen LogP contribution in [0.1, 0.15) is 23.2 Å². The Labute approximate surface area is 205 Å². The van der Waals surface area contributed by atoms with Gasteiger partial charge in [-0.2, -0.15) is 0 Å². The number of aromatic nitrogens is 1. The van der Waals surface area contributed by atoms with E-state index in [9.17, 15) is 13.2 Å². The van der Waals surface area contributed by atoms with Crippen LogP contribution in [0.2, 0.25) is 0 Å². The maximum absolute atomic E-state index is 12.6. The quantitative estimate of drug-likeness (QED) is 0.515. The lowest BCUT2D eigenvalue weighted by atomic mass is 10.1. The largest absolute Gasteiger partial charge is 0.340 e. The minimum atomic E-state index is -3.62. The average molecular weight is 499 g/mol. The number of carbonyl (C=O) groups excluding carboxylic acids is 1. The molecule has 0 spiro atoms. The summed E-state index contributed by atoms with van der Waals surface area (Å²) in [5, 5.41) is 3.12. The van der Waals surface area contributed by atoms with E-state index in [4.69, 9.17) is 4.98 Å². The molecule has 4 rings (SSSR count). The second kappa shape index (κ2) is 10.8. The molecule has 0 atom stereocenters. The number of benzene rings is 2. The molecule has 0 radical (unpaired) electrons. The first-order valence-electron chi connectivity index (χ1n) is 11.4. The second-order valence-corrected chi connectivity index (χ2v) is 11.2. The Morgan fingerprint density at radius 2 is 1.76 bits per heavy atom. The summed E-state index contributed by atoms with van der Waals surface area (Å²) in [4.78, 5) is 21.7. The summed E-state index contributed by atoms with van der Waals surface area (Å²) in [5.74, 6) is -0.0255. The molecule has 1 aromatic heterocycles. The Bertz CT molecular complexity index is 1230. The summed E-state index contributed by atoms with van der Waals surface area (Å²) in [6.45, 7) is 7.51. The maximum atomic E-state index is 12.6. The lowest BCUT2D eigenvalue weighted by Gasteiger charge is -2.34. The number of carbonyl (C=O) groups is 1. The topological polar surface area (TPSA) is 82.6 Å². The molecule has 1 amide bonds. The smallest absolute Gasteiger partial charge is 0.240 e. The molecule has 1 fully saturated rings. The van der Waals surface area contributed by atoms with Crippen LogP contribution in [0, 0.1) is 13.8 Å². The van der Waals surface area contributed by atoms with Crippen molar-refractivity contribution in [2.45, 2.75) is 31.7 Å². The van der Waals surface area contributed by atoms with Crippen molar-refractivity contribution in [2.24, 2.45) is 0 Å². The summed E-state index contributed by atoms with van der Waals surface area (Å²) in [6.07, 6.45) is 0.149. The van der Waals surface area contributed by atoms with Crippen molar-refractivity contribution < 1.29 is 13.2 Å². The van der Waals surface area contributed by atoms with Crippen LogP contribution in [-0.2, 0) is 21.4 Å². The maximum Gasteiger partial charge on any atom is 0.240 e. The number of thiazole rings is 1. The number of hydrogen-bond acceptors (Lipinski definition) is 6. The van der Waals surface area contributed by atoms with Crippen molar-refractivity contribution >= 4 is 27.3 Å². The van der Waals surface area contributed by atoms with Crippen molar-refractivity contribution in [3.05, 3.63) is 70.7 Å². The number of piperazine rings is 1. The normalized spacial score (nSPS) is 14.9. The predicted octanol–water partition coefficient (Wildman–Crippen LogP) is 3.44. The van der Waals surface area contributed by atoms with E-state index in [1.807, 2.05) is 36.9 Å². The molecule has 0 saturated carbocycles. The van der Waals surface area contributed by atoms with E-state index >= 15 is 0 Å². The van der Waals surface area contributed by atoms with E-state index in [2.05, 4.69) is 27.1 Å². The molecule has 1 aliphatic rings. The molecule has 34 heavy (non-hydrogen) atoms. The molecular weight excluding hydrogens is 468 g/mol. The third-order valence-electron chi connectivity index (χ3n) is 6.10. The fourth-order valence-corrected chi connectivity index (χ4v) is 5.83. The lowest BCUT2D eigenvalue weighted by molar-refractivity contribution is -0.132. The van der Waals surface area contributed by atoms with Crippen LogP contribution < -0.4 is 4.72 Å². The minimum Gasteiger partial charge on any atom is -0.340 e. The fraction of sp³-hybridized carbons (Fsp3) is 0.360. The van der Waals surface area contributed by atoms with Crippen molar-refractivity contribution in [1.29, 1.82) is 0 Å². The summed E-state index contributed by atoms with van der Waals surface area (Å²) in [7, 11) is -3.62. The highest BCUT2D eigenvalue weighted by Gasteiger charge is 2.22. The van der Waals surface area contributed by atoms with Crippen LogP contribution in [-0.4, -0.2) is 61.8 Å². The standard InChI is InChI=1S/C25H30N4O3S2/c1-19-8-9-23(16-20(19)2)34(31,32)26-11-10-24(30)29-14-12-28(13-15-29)17-22-18-33-25(27-22)21-6-4-3-5-7-21/h3-9,16,18,26H,10-15,17H2,1-2H3. The van der Waals surface area contributed by atoms with Gasteiger partial charge in [0.15, 0.2) is 0 Å². The minimum absolute atomic E-state index is 0.0255. The van der Waals surface area contributed by atoms with Crippen molar-refractivity contribution in [1.82, 2.24) is 19.5 Å². The first-order chi connectivity index (χ1) is 16.3. The zero-order chi connectivity index (χ0) is 24.1. The number of rotatable bonds is 8. The first kappa shape index (κ1) is 24.5. The molecule has 0 bridgehead atoms. The molecule has 1 aliphatic heterocycles. The summed E-state index contributed by atoms with van der Waals surface area (Å²) in [6, 6.07) is 15.2. The Kier molecular flexibility index (Phi) is 7.77. The molecule has 1 saturated heterocycles. The van der Waals surface area contributed by atoms with Gasteiger partial charge in [-0.15, -0.1) is 11.3 Å². The highest BCUT2D eigenvalue weighted by atomic mass is 32.2. The average Bonchev–Trinajstić information content (AvgIpc) is 3.30. The van der Waals surface area contributed by atoms with Gasteiger partial charge in [-0.25, -0.2) is 18.1 Å².